The van der Waals surface area contributed by atoms with E-state index in [-0.39, 0.29) is 29.5 Å². The molecule has 1 saturated heterocycles. The van der Waals surface area contributed by atoms with Gasteiger partial charge in [0.15, 0.2) is 5.69 Å². The summed E-state index contributed by atoms with van der Waals surface area (Å²) in [5, 5.41) is 3.49. The first-order valence-corrected chi connectivity index (χ1v) is 9.34. The van der Waals surface area contributed by atoms with Crippen molar-refractivity contribution in [2.75, 3.05) is 19.6 Å². The zero-order valence-electron chi connectivity index (χ0n) is 14.2. The van der Waals surface area contributed by atoms with Gasteiger partial charge in [0, 0.05) is 32.2 Å². The Morgan fingerprint density at radius 2 is 2.15 bits per heavy atom. The van der Waals surface area contributed by atoms with Gasteiger partial charge in [0.2, 0.25) is 5.91 Å². The first-order chi connectivity index (χ1) is 12.4. The highest BCUT2D eigenvalue weighted by Gasteiger charge is 2.37. The van der Waals surface area contributed by atoms with E-state index < -0.39 is 11.9 Å². The van der Waals surface area contributed by atoms with Gasteiger partial charge in [0.25, 0.3) is 0 Å². The zero-order valence-corrected chi connectivity index (χ0v) is 15.0. The standard InChI is InChI=1S/C17H21F3N4OS/c1-2-15(25)23-8-5-12(6-9-23)22-14-4-3-7-24(14)10-13-16(17(18,19)20)21-11-26-13/h2-4,11-12,14,22H,1,5-10H2. The monoisotopic (exact) mass is 386 g/mol. The number of thiazole rings is 1. The SMILES string of the molecule is C=CC(=O)N1CCC(NC2C=CCN2Cc2scnc2C(F)(F)F)CC1. The van der Waals surface area contributed by atoms with Crippen molar-refractivity contribution in [3.63, 3.8) is 0 Å². The summed E-state index contributed by atoms with van der Waals surface area (Å²) >= 11 is 1.04. The van der Waals surface area contributed by atoms with Crippen LogP contribution in [0.4, 0.5) is 13.2 Å². The third-order valence-electron chi connectivity index (χ3n) is 4.70. The van der Waals surface area contributed by atoms with Crippen molar-refractivity contribution in [3.8, 4) is 0 Å². The molecule has 1 aromatic heterocycles. The summed E-state index contributed by atoms with van der Waals surface area (Å²) in [5.41, 5.74) is 0.459. The number of carbonyl (C=O) groups excluding carboxylic acids is 1. The predicted octanol–water partition coefficient (Wildman–Crippen LogP) is 2.63. The number of nitrogens with zero attached hydrogens (tertiary/aromatic N) is 3. The van der Waals surface area contributed by atoms with Crippen molar-refractivity contribution in [2.24, 2.45) is 0 Å². The van der Waals surface area contributed by atoms with Crippen LogP contribution in [0.2, 0.25) is 0 Å². The van der Waals surface area contributed by atoms with Crippen LogP contribution in [0.25, 0.3) is 0 Å². The Labute approximate surface area is 154 Å². The van der Waals surface area contributed by atoms with Crippen LogP contribution in [0.15, 0.2) is 30.3 Å². The van der Waals surface area contributed by atoms with E-state index in [1.54, 1.807) is 4.90 Å². The quantitative estimate of drug-likeness (QED) is 0.624. The van der Waals surface area contributed by atoms with Crippen LogP contribution in [0.1, 0.15) is 23.4 Å². The third kappa shape index (κ3) is 4.33. The molecule has 3 heterocycles. The number of alkyl halides is 3. The van der Waals surface area contributed by atoms with Crippen molar-refractivity contribution in [1.82, 2.24) is 20.1 Å². The molecule has 5 nitrogen and oxygen atoms in total. The van der Waals surface area contributed by atoms with Crippen LogP contribution in [0.5, 0.6) is 0 Å². The maximum Gasteiger partial charge on any atom is 0.434 e. The Bertz CT molecular complexity index is 680. The Morgan fingerprint density at radius 3 is 2.81 bits per heavy atom. The van der Waals surface area contributed by atoms with Crippen molar-refractivity contribution >= 4 is 17.2 Å². The normalized spacial score (nSPS) is 22.1. The Hall–Kier alpha value is -1.71. The lowest BCUT2D eigenvalue weighted by Crippen LogP contribution is -2.51. The molecule has 0 aliphatic carbocycles. The number of aromatic nitrogens is 1. The fourth-order valence-electron chi connectivity index (χ4n) is 3.32. The van der Waals surface area contributed by atoms with Gasteiger partial charge in [-0.1, -0.05) is 18.7 Å². The minimum atomic E-state index is -4.42. The first kappa shape index (κ1) is 19.1. The molecule has 26 heavy (non-hydrogen) atoms. The smallest absolute Gasteiger partial charge is 0.339 e. The van der Waals surface area contributed by atoms with Crippen LogP contribution < -0.4 is 5.32 Å². The predicted molar refractivity (Wildman–Crippen MR) is 93.4 cm³/mol. The summed E-state index contributed by atoms with van der Waals surface area (Å²) in [6.45, 7) is 5.62. The first-order valence-electron chi connectivity index (χ1n) is 8.46. The molecule has 0 radical (unpaired) electrons. The minimum Gasteiger partial charge on any atom is -0.339 e. The van der Waals surface area contributed by atoms with Crippen LogP contribution in [0, 0.1) is 0 Å². The second-order valence-corrected chi connectivity index (χ2v) is 7.33. The number of piperidine rings is 1. The van der Waals surface area contributed by atoms with E-state index in [0.29, 0.717) is 19.6 Å². The van der Waals surface area contributed by atoms with Crippen molar-refractivity contribution in [2.45, 2.75) is 37.8 Å². The molecule has 142 valence electrons. The van der Waals surface area contributed by atoms with Gasteiger partial charge in [-0.25, -0.2) is 4.98 Å². The highest BCUT2D eigenvalue weighted by atomic mass is 32.1. The van der Waals surface area contributed by atoms with E-state index in [1.807, 2.05) is 17.1 Å². The van der Waals surface area contributed by atoms with Crippen LogP contribution in [-0.2, 0) is 17.5 Å². The number of hydrogen-bond donors (Lipinski definition) is 1. The Morgan fingerprint density at radius 1 is 1.42 bits per heavy atom. The lowest BCUT2D eigenvalue weighted by Gasteiger charge is -2.35. The second kappa shape index (κ2) is 7.89. The molecule has 1 unspecified atom stereocenters. The molecule has 9 heteroatoms. The highest BCUT2D eigenvalue weighted by molar-refractivity contribution is 7.09. The van der Waals surface area contributed by atoms with Crippen molar-refractivity contribution in [1.29, 1.82) is 0 Å². The summed E-state index contributed by atoms with van der Waals surface area (Å²) in [6.07, 6.45) is 2.36. The molecular formula is C17H21F3N4OS. The van der Waals surface area contributed by atoms with Gasteiger partial charge in [-0.2, -0.15) is 13.2 Å². The zero-order chi connectivity index (χ0) is 18.7. The number of rotatable bonds is 5. The molecule has 1 aromatic rings. The molecule has 0 aromatic carbocycles. The molecule has 2 aliphatic rings. The van der Waals surface area contributed by atoms with E-state index in [9.17, 15) is 18.0 Å². The molecular weight excluding hydrogens is 365 g/mol. The van der Waals surface area contributed by atoms with Gasteiger partial charge < -0.3 is 4.90 Å². The van der Waals surface area contributed by atoms with Crippen LogP contribution in [-0.4, -0.2) is 52.5 Å². The summed E-state index contributed by atoms with van der Waals surface area (Å²) in [7, 11) is 0. The third-order valence-corrected chi connectivity index (χ3v) is 5.51. The van der Waals surface area contributed by atoms with Gasteiger partial charge in [0.1, 0.15) is 0 Å². The molecule has 0 spiro atoms. The number of halogens is 3. The number of nitrogens with one attached hydrogen (secondary N) is 1. The average molecular weight is 386 g/mol. The second-order valence-electron chi connectivity index (χ2n) is 6.39. The maximum absolute atomic E-state index is 13.0. The van der Waals surface area contributed by atoms with Gasteiger partial charge in [-0.3, -0.25) is 15.0 Å². The lowest BCUT2D eigenvalue weighted by molar-refractivity contribution is -0.141. The largest absolute Gasteiger partial charge is 0.434 e. The van der Waals surface area contributed by atoms with Gasteiger partial charge >= 0.3 is 6.18 Å². The molecule has 1 amide bonds. The minimum absolute atomic E-state index is 0.0595. The fourth-order valence-corrected chi connectivity index (χ4v) is 4.13. The van der Waals surface area contributed by atoms with Gasteiger partial charge in [0.05, 0.1) is 16.6 Å². The highest BCUT2D eigenvalue weighted by Crippen LogP contribution is 2.33. The van der Waals surface area contributed by atoms with E-state index in [1.165, 1.54) is 11.6 Å². The molecule has 0 saturated carbocycles. The summed E-state index contributed by atoms with van der Waals surface area (Å²) < 4.78 is 39.0. The van der Waals surface area contributed by atoms with Gasteiger partial charge in [-0.15, -0.1) is 11.3 Å². The van der Waals surface area contributed by atoms with E-state index in [4.69, 9.17) is 0 Å². The molecule has 2 aliphatic heterocycles. The van der Waals surface area contributed by atoms with E-state index >= 15 is 0 Å². The Kier molecular flexibility index (Phi) is 5.79. The molecule has 1 fully saturated rings. The van der Waals surface area contributed by atoms with E-state index in [2.05, 4.69) is 16.9 Å². The van der Waals surface area contributed by atoms with Crippen LogP contribution in [0.3, 0.4) is 0 Å². The van der Waals surface area contributed by atoms with Crippen molar-refractivity contribution in [3.05, 3.63) is 40.9 Å². The van der Waals surface area contributed by atoms with E-state index in [0.717, 1.165) is 24.2 Å². The molecule has 1 atom stereocenters. The Balaban J connectivity index is 1.56. The molecule has 1 N–H and O–H groups in total. The summed E-state index contributed by atoms with van der Waals surface area (Å²) in [4.78, 5) is 19.1. The lowest BCUT2D eigenvalue weighted by atomic mass is 10.0. The van der Waals surface area contributed by atoms with Crippen LogP contribution >= 0.6 is 11.3 Å². The topological polar surface area (TPSA) is 48.5 Å². The van der Waals surface area contributed by atoms with Crippen molar-refractivity contribution < 1.29 is 18.0 Å². The molecule has 0 bridgehead atoms. The average Bonchev–Trinajstić information content (AvgIpc) is 3.25. The van der Waals surface area contributed by atoms with Gasteiger partial charge in [-0.05, 0) is 18.9 Å². The maximum atomic E-state index is 13.0. The number of likely N-dealkylation sites (tertiary alicyclic amines) is 1. The fraction of sp³-hybridized carbons (Fsp3) is 0.529. The number of hydrogen-bond acceptors (Lipinski definition) is 5. The molecule has 3 rings (SSSR count). The summed E-state index contributed by atoms with van der Waals surface area (Å²) in [5.74, 6) is -0.0595. The number of amides is 1. The summed E-state index contributed by atoms with van der Waals surface area (Å²) in [6, 6.07) is 0.225. The number of carbonyl (C=O) groups is 1.